The summed E-state index contributed by atoms with van der Waals surface area (Å²) in [6.45, 7) is 9.57. The summed E-state index contributed by atoms with van der Waals surface area (Å²) < 4.78 is 41.0. The predicted octanol–water partition coefficient (Wildman–Crippen LogP) is 2.44. The van der Waals surface area contributed by atoms with Gasteiger partial charge in [-0.3, -0.25) is 14.4 Å². The molecule has 5 rings (SSSR count). The van der Waals surface area contributed by atoms with E-state index in [1.807, 2.05) is 6.08 Å². The van der Waals surface area contributed by atoms with E-state index in [0.717, 1.165) is 6.42 Å². The van der Waals surface area contributed by atoms with Crippen LogP contribution in [0.15, 0.2) is 12.3 Å². The Morgan fingerprint density at radius 1 is 1.09 bits per heavy atom. The van der Waals surface area contributed by atoms with Gasteiger partial charge in [0.2, 0.25) is 6.29 Å². The molecule has 0 aromatic heterocycles. The van der Waals surface area contributed by atoms with Crippen molar-refractivity contribution in [1.82, 2.24) is 0 Å². The monoisotopic (exact) mass is 608 g/mol. The highest BCUT2D eigenvalue weighted by molar-refractivity contribution is 5.87. The van der Waals surface area contributed by atoms with E-state index in [1.54, 1.807) is 6.26 Å². The largest absolute Gasteiger partial charge is 0.472 e. The molecule has 1 spiro atoms. The highest BCUT2D eigenvalue weighted by Gasteiger charge is 2.80. The van der Waals surface area contributed by atoms with Crippen molar-refractivity contribution in [3.05, 3.63) is 12.3 Å². The molecule has 0 aromatic rings. The average Bonchev–Trinajstić information content (AvgIpc) is 3.43. The van der Waals surface area contributed by atoms with Crippen molar-refractivity contribution < 1.29 is 57.4 Å². The quantitative estimate of drug-likeness (QED) is 0.244. The molecule has 0 aromatic carbocycles. The highest BCUT2D eigenvalue weighted by atomic mass is 16.7. The molecule has 3 heterocycles. The third kappa shape index (κ3) is 4.84. The topological polar surface area (TPSA) is 156 Å². The lowest BCUT2D eigenvalue weighted by molar-refractivity contribution is -0.270. The van der Waals surface area contributed by atoms with Gasteiger partial charge >= 0.3 is 23.9 Å². The Morgan fingerprint density at radius 2 is 1.79 bits per heavy atom. The SMILES string of the molecule is COC(=O)[C@@H](C)[C@@](C)(O)C(=O)OC1CC[C@@H]2[C@@](C)(C3C[C@H]4C=CO[C@H]4O3)[C@H](C)C[C@H](OC(C)=O)[C@@]2(COC(C)=O)C12CO2. The average molecular weight is 609 g/mol. The predicted molar refractivity (Wildman–Crippen MR) is 147 cm³/mol. The van der Waals surface area contributed by atoms with Crippen molar-refractivity contribution in [3.63, 3.8) is 0 Å². The van der Waals surface area contributed by atoms with Crippen LogP contribution in [-0.2, 0) is 52.3 Å². The number of hydrogen-bond acceptors (Lipinski definition) is 12. The van der Waals surface area contributed by atoms with E-state index in [-0.39, 0.29) is 43.4 Å². The summed E-state index contributed by atoms with van der Waals surface area (Å²) in [4.78, 5) is 50.5. The first kappa shape index (κ1) is 31.7. The molecule has 43 heavy (non-hydrogen) atoms. The van der Waals surface area contributed by atoms with E-state index in [0.29, 0.717) is 19.3 Å². The second kappa shape index (κ2) is 11.0. The molecule has 5 aliphatic rings. The van der Waals surface area contributed by atoms with Crippen LogP contribution in [0.3, 0.4) is 0 Å². The number of epoxide rings is 1. The molecule has 2 aliphatic carbocycles. The lowest BCUT2D eigenvalue weighted by atomic mass is 9.42. The van der Waals surface area contributed by atoms with E-state index in [4.69, 9.17) is 33.2 Å². The zero-order chi connectivity index (χ0) is 31.5. The number of esters is 4. The molecule has 3 aliphatic heterocycles. The van der Waals surface area contributed by atoms with Gasteiger partial charge in [0, 0.05) is 25.2 Å². The van der Waals surface area contributed by atoms with Crippen LogP contribution >= 0.6 is 0 Å². The van der Waals surface area contributed by atoms with E-state index in [2.05, 4.69) is 13.8 Å². The van der Waals surface area contributed by atoms with E-state index in [1.165, 1.54) is 34.8 Å². The Balaban J connectivity index is 1.56. The molecule has 0 radical (unpaired) electrons. The molecule has 2 saturated heterocycles. The summed E-state index contributed by atoms with van der Waals surface area (Å²) in [5.41, 5.74) is -4.96. The van der Waals surface area contributed by atoms with Gasteiger partial charge in [0.15, 0.2) is 5.60 Å². The Kier molecular flexibility index (Phi) is 8.13. The zero-order valence-electron chi connectivity index (χ0n) is 26.0. The Hall–Kier alpha value is -2.70. The first-order valence-corrected chi connectivity index (χ1v) is 15.1. The van der Waals surface area contributed by atoms with Crippen molar-refractivity contribution in [3.8, 4) is 0 Å². The van der Waals surface area contributed by atoms with Crippen molar-refractivity contribution in [2.45, 2.75) is 103 Å². The van der Waals surface area contributed by atoms with Crippen LogP contribution in [0.2, 0.25) is 0 Å². The standard InChI is InChI=1S/C31H44O12/c1-16-12-24(41-19(4)33)30(14-39-18(3)32)21(28(16,5)23-13-20-10-11-38-26(20)42-23)8-9-22(31(30)15-40-31)43-27(35)29(6,36)17(2)25(34)37-7/h10-11,16-17,20-24,26,36H,8-9,12-15H2,1-7H3/t16-,17-,20-,21-,22?,23?,24+,26+,28+,29-,30+,31?/m1/s1. The van der Waals surface area contributed by atoms with Crippen LogP contribution in [-0.4, -0.2) is 85.1 Å². The van der Waals surface area contributed by atoms with Crippen molar-refractivity contribution >= 4 is 23.9 Å². The Morgan fingerprint density at radius 3 is 2.37 bits per heavy atom. The smallest absolute Gasteiger partial charge is 0.339 e. The summed E-state index contributed by atoms with van der Waals surface area (Å²) in [6.07, 6.45) is 3.53. The number of hydrogen-bond donors (Lipinski definition) is 1. The molecule has 3 unspecified atom stereocenters. The fourth-order valence-corrected chi connectivity index (χ4v) is 8.45. The lowest BCUT2D eigenvalue weighted by Gasteiger charge is -2.64. The first-order valence-electron chi connectivity index (χ1n) is 15.1. The third-order valence-electron chi connectivity index (χ3n) is 11.3. The van der Waals surface area contributed by atoms with Crippen molar-refractivity contribution in [2.75, 3.05) is 20.3 Å². The summed E-state index contributed by atoms with van der Waals surface area (Å²) in [5, 5.41) is 11.1. The minimum Gasteiger partial charge on any atom is -0.472 e. The molecule has 240 valence electrons. The molecule has 0 bridgehead atoms. The molecule has 12 atom stereocenters. The Labute approximate surface area is 251 Å². The van der Waals surface area contributed by atoms with Crippen LogP contribution in [0.4, 0.5) is 0 Å². The number of methoxy groups -OCH3 is 1. The van der Waals surface area contributed by atoms with E-state index >= 15 is 0 Å². The maximum Gasteiger partial charge on any atom is 0.339 e. The maximum absolute atomic E-state index is 13.5. The van der Waals surface area contributed by atoms with Gasteiger partial charge in [-0.25, -0.2) is 4.79 Å². The number of ether oxygens (including phenoxy) is 7. The minimum absolute atomic E-state index is 0.0247. The van der Waals surface area contributed by atoms with Gasteiger partial charge in [-0.15, -0.1) is 0 Å². The number of carbonyl (C=O) groups excluding carboxylic acids is 4. The summed E-state index contributed by atoms with van der Waals surface area (Å²) in [5.74, 6) is -4.06. The van der Waals surface area contributed by atoms with Crippen molar-refractivity contribution in [1.29, 1.82) is 0 Å². The number of aliphatic hydroxyl groups is 1. The zero-order valence-corrected chi connectivity index (χ0v) is 26.0. The normalized spacial score (nSPS) is 42.9. The van der Waals surface area contributed by atoms with Gasteiger partial charge in [-0.1, -0.05) is 13.8 Å². The first-order chi connectivity index (χ1) is 20.1. The molecule has 4 fully saturated rings. The molecule has 12 nitrogen and oxygen atoms in total. The second-order valence-electron chi connectivity index (χ2n) is 13.4. The van der Waals surface area contributed by atoms with Crippen molar-refractivity contribution in [2.24, 2.45) is 34.5 Å². The highest BCUT2D eigenvalue weighted by Crippen LogP contribution is 2.70. The van der Waals surface area contributed by atoms with Crippen LogP contribution in [0, 0.1) is 34.5 Å². The second-order valence-corrected chi connectivity index (χ2v) is 13.4. The van der Waals surface area contributed by atoms with Crippen LogP contribution in [0.25, 0.3) is 0 Å². The van der Waals surface area contributed by atoms with Gasteiger partial charge in [0.1, 0.15) is 24.4 Å². The summed E-state index contributed by atoms with van der Waals surface area (Å²) in [7, 11) is 1.17. The fraction of sp³-hybridized carbons (Fsp3) is 0.806. The molecule has 12 heteroatoms. The van der Waals surface area contributed by atoms with E-state index in [9.17, 15) is 24.3 Å². The third-order valence-corrected chi connectivity index (χ3v) is 11.3. The molecule has 2 saturated carbocycles. The summed E-state index contributed by atoms with van der Waals surface area (Å²) in [6, 6.07) is 0. The Bertz CT molecular complexity index is 1180. The minimum atomic E-state index is -2.18. The van der Waals surface area contributed by atoms with Gasteiger partial charge in [0.25, 0.3) is 0 Å². The van der Waals surface area contributed by atoms with E-state index < -0.39 is 64.0 Å². The molecule has 1 N–H and O–H groups in total. The van der Waals surface area contributed by atoms with Crippen LogP contribution in [0.5, 0.6) is 0 Å². The maximum atomic E-state index is 13.5. The van der Waals surface area contributed by atoms with Gasteiger partial charge in [-0.05, 0) is 57.4 Å². The number of fused-ring (bicyclic) bond motifs is 3. The fourth-order valence-electron chi connectivity index (χ4n) is 8.45. The van der Waals surface area contributed by atoms with Crippen LogP contribution in [0.1, 0.15) is 67.2 Å². The molecule has 0 amide bonds. The number of rotatable bonds is 8. The van der Waals surface area contributed by atoms with Gasteiger partial charge in [-0.2, -0.15) is 0 Å². The molecular formula is C31H44O12. The lowest BCUT2D eigenvalue weighted by Crippen LogP contribution is -2.72. The van der Waals surface area contributed by atoms with Crippen LogP contribution < -0.4 is 0 Å². The molecular weight excluding hydrogens is 564 g/mol. The number of carbonyl (C=O) groups is 4. The van der Waals surface area contributed by atoms with Gasteiger partial charge in [0.05, 0.1) is 37.4 Å². The summed E-state index contributed by atoms with van der Waals surface area (Å²) >= 11 is 0. The van der Waals surface area contributed by atoms with Gasteiger partial charge < -0.3 is 38.3 Å².